The van der Waals surface area contributed by atoms with E-state index < -0.39 is 17.7 Å². The average molecular weight is 230 g/mol. The van der Waals surface area contributed by atoms with Gasteiger partial charge in [-0.3, -0.25) is 0 Å². The van der Waals surface area contributed by atoms with E-state index in [1.165, 1.54) is 17.0 Å². The highest BCUT2D eigenvalue weighted by Crippen LogP contribution is 2.30. The highest BCUT2D eigenvalue weighted by molar-refractivity contribution is 5.35. The molecule has 0 aliphatic heterocycles. The third kappa shape index (κ3) is 1.91. The molecule has 0 aromatic carbocycles. The molecule has 0 aliphatic rings. The van der Waals surface area contributed by atoms with Crippen molar-refractivity contribution in [2.75, 3.05) is 0 Å². The van der Waals surface area contributed by atoms with Crippen LogP contribution in [0.3, 0.4) is 0 Å². The summed E-state index contributed by atoms with van der Waals surface area (Å²) >= 11 is 0. The van der Waals surface area contributed by atoms with Crippen molar-refractivity contribution >= 4 is 0 Å². The molecule has 2 rings (SSSR count). The van der Waals surface area contributed by atoms with Gasteiger partial charge in [0.25, 0.3) is 0 Å². The molecule has 0 amide bonds. The number of pyridine rings is 1. The van der Waals surface area contributed by atoms with E-state index in [0.717, 1.165) is 6.07 Å². The Morgan fingerprint density at radius 2 is 1.75 bits per heavy atom. The average Bonchev–Trinajstić information content (AvgIpc) is 2.69. The summed E-state index contributed by atoms with van der Waals surface area (Å²) in [5, 5.41) is 0. The van der Waals surface area contributed by atoms with Gasteiger partial charge in [-0.25, -0.2) is 4.98 Å². The molecule has 0 radical (unpaired) electrons. The Balaban J connectivity index is 2.54. The Bertz CT molecular complexity index is 488. The van der Waals surface area contributed by atoms with E-state index in [4.69, 9.17) is 0 Å². The van der Waals surface area contributed by atoms with Gasteiger partial charge in [0.05, 0.1) is 5.56 Å². The first kappa shape index (κ1) is 10.7. The molecule has 16 heavy (non-hydrogen) atoms. The van der Waals surface area contributed by atoms with Gasteiger partial charge in [-0.05, 0) is 18.2 Å². The van der Waals surface area contributed by atoms with Gasteiger partial charge in [-0.15, -0.1) is 0 Å². The second-order valence-electron chi connectivity index (χ2n) is 3.12. The molecule has 84 valence electrons. The molecule has 0 fully saturated rings. The van der Waals surface area contributed by atoms with Crippen molar-refractivity contribution in [1.29, 1.82) is 0 Å². The summed E-state index contributed by atoms with van der Waals surface area (Å²) in [5.41, 5.74) is -1.20. The Hall–Kier alpha value is -1.85. The third-order valence-electron chi connectivity index (χ3n) is 2.03. The van der Waals surface area contributed by atoms with Gasteiger partial charge in [0, 0.05) is 18.6 Å². The first-order valence-electron chi connectivity index (χ1n) is 4.34. The van der Waals surface area contributed by atoms with E-state index in [9.17, 15) is 17.6 Å². The van der Waals surface area contributed by atoms with Crippen LogP contribution in [0.4, 0.5) is 17.6 Å². The highest BCUT2D eigenvalue weighted by Gasteiger charge is 2.31. The zero-order valence-corrected chi connectivity index (χ0v) is 7.87. The first-order chi connectivity index (χ1) is 7.48. The van der Waals surface area contributed by atoms with Crippen LogP contribution in [-0.2, 0) is 6.18 Å². The number of halogens is 4. The molecule has 6 heteroatoms. The van der Waals surface area contributed by atoms with Crippen LogP contribution in [0, 0.1) is 5.95 Å². The zero-order chi connectivity index (χ0) is 11.8. The number of hydrogen-bond donors (Lipinski definition) is 0. The van der Waals surface area contributed by atoms with Crippen molar-refractivity contribution in [3.63, 3.8) is 0 Å². The monoisotopic (exact) mass is 230 g/mol. The van der Waals surface area contributed by atoms with Crippen LogP contribution in [0.1, 0.15) is 5.56 Å². The van der Waals surface area contributed by atoms with E-state index in [2.05, 4.69) is 4.98 Å². The first-order valence-corrected chi connectivity index (χ1v) is 4.34. The summed E-state index contributed by atoms with van der Waals surface area (Å²) in [5.74, 6) is -0.941. The third-order valence-corrected chi connectivity index (χ3v) is 2.03. The molecule has 0 aliphatic carbocycles. The summed E-state index contributed by atoms with van der Waals surface area (Å²) in [6.45, 7) is 0. The zero-order valence-electron chi connectivity index (χ0n) is 7.87. The lowest BCUT2D eigenvalue weighted by Gasteiger charge is -2.09. The van der Waals surface area contributed by atoms with Crippen LogP contribution >= 0.6 is 0 Å². The minimum Gasteiger partial charge on any atom is -0.320 e. The number of hydrogen-bond acceptors (Lipinski definition) is 1. The molecule has 0 atom stereocenters. The number of rotatable bonds is 1. The van der Waals surface area contributed by atoms with E-state index in [0.29, 0.717) is 6.20 Å². The molecule has 0 saturated carbocycles. The summed E-state index contributed by atoms with van der Waals surface area (Å²) in [6.07, 6.45) is -1.16. The summed E-state index contributed by atoms with van der Waals surface area (Å²) in [4.78, 5) is 3.09. The SMILES string of the molecule is Fc1ncc(C(F)(F)F)cc1-n1cccc1. The minimum atomic E-state index is -4.53. The Labute approximate surface area is 88.2 Å². The van der Waals surface area contributed by atoms with E-state index in [1.807, 2.05) is 0 Å². The predicted molar refractivity (Wildman–Crippen MR) is 48.5 cm³/mol. The lowest BCUT2D eigenvalue weighted by molar-refractivity contribution is -0.137. The fraction of sp³-hybridized carbons (Fsp3) is 0.100. The van der Waals surface area contributed by atoms with Crippen LogP contribution in [-0.4, -0.2) is 9.55 Å². The molecule has 0 unspecified atom stereocenters. The molecule has 0 N–H and O–H groups in total. The molecule has 2 aromatic rings. The van der Waals surface area contributed by atoms with E-state index in [1.54, 1.807) is 12.1 Å². The number of nitrogens with zero attached hydrogens (tertiary/aromatic N) is 2. The van der Waals surface area contributed by atoms with Gasteiger partial charge in [-0.2, -0.15) is 17.6 Å². The van der Waals surface area contributed by atoms with Crippen molar-refractivity contribution in [2.45, 2.75) is 6.18 Å². The molecule has 0 spiro atoms. The molecule has 2 nitrogen and oxygen atoms in total. The summed E-state index contributed by atoms with van der Waals surface area (Å²) in [6, 6.07) is 3.89. The second kappa shape index (κ2) is 3.62. The fourth-order valence-electron chi connectivity index (χ4n) is 1.27. The number of aromatic nitrogens is 2. The Morgan fingerprint density at radius 1 is 1.12 bits per heavy atom. The van der Waals surface area contributed by atoms with Gasteiger partial charge in [0.15, 0.2) is 0 Å². The van der Waals surface area contributed by atoms with Crippen LogP contribution in [0.15, 0.2) is 36.8 Å². The van der Waals surface area contributed by atoms with Crippen LogP contribution in [0.25, 0.3) is 5.69 Å². The minimum absolute atomic E-state index is 0.222. The molecule has 0 saturated heterocycles. The van der Waals surface area contributed by atoms with Gasteiger partial charge in [-0.1, -0.05) is 0 Å². The highest BCUT2D eigenvalue weighted by atomic mass is 19.4. The largest absolute Gasteiger partial charge is 0.417 e. The maximum atomic E-state index is 13.2. The summed E-state index contributed by atoms with van der Waals surface area (Å²) < 4.78 is 51.6. The van der Waals surface area contributed by atoms with Crippen molar-refractivity contribution < 1.29 is 17.6 Å². The molecular weight excluding hydrogens is 224 g/mol. The molecule has 2 aromatic heterocycles. The van der Waals surface area contributed by atoms with Gasteiger partial charge in [0.2, 0.25) is 5.95 Å². The van der Waals surface area contributed by atoms with Crippen LogP contribution < -0.4 is 0 Å². The van der Waals surface area contributed by atoms with Crippen molar-refractivity contribution in [3.05, 3.63) is 48.3 Å². The topological polar surface area (TPSA) is 17.8 Å². The number of alkyl halides is 3. The molecule has 0 bridgehead atoms. The molecular formula is C10H6F4N2. The second-order valence-corrected chi connectivity index (χ2v) is 3.12. The van der Waals surface area contributed by atoms with Crippen LogP contribution in [0.2, 0.25) is 0 Å². The van der Waals surface area contributed by atoms with E-state index >= 15 is 0 Å². The maximum absolute atomic E-state index is 13.2. The standard InChI is InChI=1S/C10H6F4N2/c11-9-8(16-3-1-2-4-16)5-7(6-15-9)10(12,13)14/h1-6H. The lowest BCUT2D eigenvalue weighted by Crippen LogP contribution is -2.08. The smallest absolute Gasteiger partial charge is 0.320 e. The van der Waals surface area contributed by atoms with Crippen LogP contribution in [0.5, 0.6) is 0 Å². The van der Waals surface area contributed by atoms with E-state index in [-0.39, 0.29) is 5.69 Å². The molecule has 2 heterocycles. The summed E-state index contributed by atoms with van der Waals surface area (Å²) in [7, 11) is 0. The van der Waals surface area contributed by atoms with Crippen molar-refractivity contribution in [1.82, 2.24) is 9.55 Å². The predicted octanol–water partition coefficient (Wildman–Crippen LogP) is 3.03. The fourth-order valence-corrected chi connectivity index (χ4v) is 1.27. The van der Waals surface area contributed by atoms with Gasteiger partial charge in [0.1, 0.15) is 5.69 Å². The van der Waals surface area contributed by atoms with Crippen molar-refractivity contribution in [3.8, 4) is 5.69 Å². The van der Waals surface area contributed by atoms with Crippen molar-refractivity contribution in [2.24, 2.45) is 0 Å². The quantitative estimate of drug-likeness (QED) is 0.544. The normalized spacial score (nSPS) is 11.8. The Kier molecular flexibility index (Phi) is 2.41. The van der Waals surface area contributed by atoms with Gasteiger partial charge < -0.3 is 4.57 Å². The maximum Gasteiger partial charge on any atom is 0.417 e. The van der Waals surface area contributed by atoms with Gasteiger partial charge >= 0.3 is 6.18 Å². The lowest BCUT2D eigenvalue weighted by atomic mass is 10.2. The Morgan fingerprint density at radius 3 is 2.31 bits per heavy atom.